The SMILES string of the molecule is CC(C)(C)c1ccc(S(=O)(=O)N2CC[NH+](Cc3nc4cc(Cl)ccc4c(=O)[nH]3)CC2)cc1. The molecule has 1 aromatic heterocycles. The van der Waals surface area contributed by atoms with Crippen molar-refractivity contribution in [1.82, 2.24) is 14.3 Å². The summed E-state index contributed by atoms with van der Waals surface area (Å²) < 4.78 is 27.7. The fraction of sp³-hybridized carbons (Fsp3) is 0.391. The number of aromatic nitrogens is 2. The number of H-pyrrole nitrogens is 1. The van der Waals surface area contributed by atoms with Gasteiger partial charge in [0.25, 0.3) is 5.56 Å². The van der Waals surface area contributed by atoms with Gasteiger partial charge in [-0.2, -0.15) is 4.31 Å². The molecule has 170 valence electrons. The number of sulfonamides is 1. The summed E-state index contributed by atoms with van der Waals surface area (Å²) in [6, 6.07) is 12.2. The van der Waals surface area contributed by atoms with E-state index in [1.54, 1.807) is 34.6 Å². The van der Waals surface area contributed by atoms with E-state index in [9.17, 15) is 13.2 Å². The molecule has 3 aromatic rings. The molecular formula is C23H28ClN4O3S+. The summed E-state index contributed by atoms with van der Waals surface area (Å²) in [5.74, 6) is 0.578. The largest absolute Gasteiger partial charge is 0.326 e. The van der Waals surface area contributed by atoms with Crippen molar-refractivity contribution in [2.24, 2.45) is 0 Å². The minimum Gasteiger partial charge on any atom is -0.326 e. The normalized spacial score (nSPS) is 16.5. The Bertz CT molecular complexity index is 1290. The quantitative estimate of drug-likeness (QED) is 0.604. The zero-order valence-electron chi connectivity index (χ0n) is 18.5. The molecule has 2 heterocycles. The van der Waals surface area contributed by atoms with Crippen molar-refractivity contribution in [3.05, 3.63) is 69.2 Å². The van der Waals surface area contributed by atoms with Crippen LogP contribution in [0.15, 0.2) is 52.2 Å². The zero-order valence-corrected chi connectivity index (χ0v) is 20.1. The summed E-state index contributed by atoms with van der Waals surface area (Å²) in [5, 5.41) is 1.03. The van der Waals surface area contributed by atoms with Gasteiger partial charge < -0.3 is 9.88 Å². The van der Waals surface area contributed by atoms with Gasteiger partial charge in [-0.1, -0.05) is 44.5 Å². The number of hydrogen-bond donors (Lipinski definition) is 2. The van der Waals surface area contributed by atoms with Gasteiger partial charge in [0.1, 0.15) is 6.54 Å². The van der Waals surface area contributed by atoms with Crippen LogP contribution in [0.25, 0.3) is 10.9 Å². The Hall–Kier alpha value is -2.26. The van der Waals surface area contributed by atoms with Gasteiger partial charge in [0, 0.05) is 5.02 Å². The van der Waals surface area contributed by atoms with E-state index in [0.29, 0.717) is 59.4 Å². The second-order valence-corrected chi connectivity index (χ2v) is 11.7. The number of nitrogens with one attached hydrogen (secondary N) is 2. The Kier molecular flexibility index (Phi) is 6.15. The van der Waals surface area contributed by atoms with Gasteiger partial charge in [0.2, 0.25) is 10.0 Å². The van der Waals surface area contributed by atoms with Crippen LogP contribution in [0.5, 0.6) is 0 Å². The minimum atomic E-state index is -3.53. The van der Waals surface area contributed by atoms with E-state index in [1.165, 1.54) is 4.90 Å². The molecule has 0 spiro atoms. The third-order valence-corrected chi connectivity index (χ3v) is 8.07. The Morgan fingerprint density at radius 2 is 1.75 bits per heavy atom. The lowest BCUT2D eigenvalue weighted by Gasteiger charge is -2.31. The molecule has 1 fully saturated rings. The highest BCUT2D eigenvalue weighted by Crippen LogP contribution is 2.24. The van der Waals surface area contributed by atoms with Crippen molar-refractivity contribution in [1.29, 1.82) is 0 Å². The van der Waals surface area contributed by atoms with Gasteiger partial charge in [0.15, 0.2) is 5.82 Å². The standard InChI is InChI=1S/C23H27ClN4O3S/c1-23(2,3)16-4-7-18(8-5-16)32(30,31)28-12-10-27(11-13-28)15-21-25-20-14-17(24)6-9-19(20)22(29)26-21/h4-9,14H,10-13,15H2,1-3H3,(H,25,26,29)/p+1. The van der Waals surface area contributed by atoms with E-state index >= 15 is 0 Å². The molecule has 4 rings (SSSR count). The summed E-state index contributed by atoms with van der Waals surface area (Å²) in [4.78, 5) is 21.2. The Balaban J connectivity index is 1.44. The average molecular weight is 476 g/mol. The fourth-order valence-electron chi connectivity index (χ4n) is 3.98. The van der Waals surface area contributed by atoms with E-state index < -0.39 is 10.0 Å². The monoisotopic (exact) mass is 475 g/mol. The minimum absolute atomic E-state index is 0.0274. The van der Waals surface area contributed by atoms with Crippen LogP contribution in [-0.2, 0) is 22.0 Å². The van der Waals surface area contributed by atoms with Crippen LogP contribution < -0.4 is 10.5 Å². The molecule has 2 N–H and O–H groups in total. The molecule has 0 saturated carbocycles. The van der Waals surface area contributed by atoms with Crippen LogP contribution >= 0.6 is 11.6 Å². The van der Waals surface area contributed by atoms with Crippen molar-refractivity contribution in [3.63, 3.8) is 0 Å². The summed E-state index contributed by atoms with van der Waals surface area (Å²) in [6.45, 7) is 8.93. The fourth-order valence-corrected chi connectivity index (χ4v) is 5.58. The zero-order chi connectivity index (χ0) is 23.1. The van der Waals surface area contributed by atoms with Crippen molar-refractivity contribution in [2.45, 2.75) is 37.6 Å². The Labute approximate surface area is 193 Å². The topological polar surface area (TPSA) is 87.6 Å². The molecule has 2 aromatic carbocycles. The number of piperazine rings is 1. The van der Waals surface area contributed by atoms with Crippen LogP contribution in [0.1, 0.15) is 32.2 Å². The van der Waals surface area contributed by atoms with Crippen LogP contribution in [0.4, 0.5) is 0 Å². The lowest BCUT2D eigenvalue weighted by molar-refractivity contribution is -0.917. The third-order valence-electron chi connectivity index (χ3n) is 5.92. The number of rotatable bonds is 4. The molecule has 7 nitrogen and oxygen atoms in total. The van der Waals surface area contributed by atoms with Gasteiger partial charge in [-0.3, -0.25) is 4.79 Å². The second-order valence-electron chi connectivity index (χ2n) is 9.28. The average Bonchev–Trinajstić information content (AvgIpc) is 2.73. The molecule has 0 aliphatic carbocycles. The molecule has 1 aliphatic rings. The van der Waals surface area contributed by atoms with E-state index in [0.717, 1.165) is 5.56 Å². The first-order valence-corrected chi connectivity index (χ1v) is 12.5. The lowest BCUT2D eigenvalue weighted by atomic mass is 9.87. The van der Waals surface area contributed by atoms with E-state index in [4.69, 9.17) is 11.6 Å². The maximum atomic E-state index is 13.1. The highest BCUT2D eigenvalue weighted by atomic mass is 35.5. The van der Waals surface area contributed by atoms with Gasteiger partial charge in [-0.15, -0.1) is 0 Å². The molecular weight excluding hydrogens is 448 g/mol. The number of aromatic amines is 1. The van der Waals surface area contributed by atoms with Crippen LogP contribution in [-0.4, -0.2) is 48.9 Å². The molecule has 32 heavy (non-hydrogen) atoms. The lowest BCUT2D eigenvalue weighted by Crippen LogP contribution is -3.13. The Morgan fingerprint density at radius 1 is 1.09 bits per heavy atom. The first-order chi connectivity index (χ1) is 15.0. The maximum absolute atomic E-state index is 13.1. The summed E-state index contributed by atoms with van der Waals surface area (Å²) >= 11 is 6.04. The van der Waals surface area contributed by atoms with Gasteiger partial charge in [0.05, 0.1) is 42.0 Å². The van der Waals surface area contributed by atoms with E-state index in [-0.39, 0.29) is 11.0 Å². The summed E-state index contributed by atoms with van der Waals surface area (Å²) in [7, 11) is -3.53. The van der Waals surface area contributed by atoms with E-state index in [2.05, 4.69) is 30.7 Å². The van der Waals surface area contributed by atoms with E-state index in [1.807, 2.05) is 12.1 Å². The molecule has 0 bridgehead atoms. The van der Waals surface area contributed by atoms with Crippen LogP contribution in [0, 0.1) is 0 Å². The number of hydrogen-bond acceptors (Lipinski definition) is 4. The number of fused-ring (bicyclic) bond motifs is 1. The number of benzene rings is 2. The van der Waals surface area contributed by atoms with Crippen LogP contribution in [0.2, 0.25) is 5.02 Å². The molecule has 0 radical (unpaired) electrons. The molecule has 0 atom stereocenters. The maximum Gasteiger partial charge on any atom is 0.258 e. The Morgan fingerprint density at radius 3 is 2.38 bits per heavy atom. The van der Waals surface area contributed by atoms with Crippen molar-refractivity contribution < 1.29 is 13.3 Å². The smallest absolute Gasteiger partial charge is 0.258 e. The number of halogens is 1. The first kappa shape index (κ1) is 22.9. The van der Waals surface area contributed by atoms with Crippen molar-refractivity contribution >= 4 is 32.5 Å². The van der Waals surface area contributed by atoms with Gasteiger partial charge in [-0.05, 0) is 41.3 Å². The predicted octanol–water partition coefficient (Wildman–Crippen LogP) is 1.96. The molecule has 1 aliphatic heterocycles. The molecule has 0 unspecified atom stereocenters. The predicted molar refractivity (Wildman–Crippen MR) is 126 cm³/mol. The third kappa shape index (κ3) is 4.73. The molecule has 1 saturated heterocycles. The van der Waals surface area contributed by atoms with Crippen molar-refractivity contribution in [3.8, 4) is 0 Å². The molecule has 9 heteroatoms. The van der Waals surface area contributed by atoms with Crippen molar-refractivity contribution in [2.75, 3.05) is 26.2 Å². The highest BCUT2D eigenvalue weighted by Gasteiger charge is 2.31. The second kappa shape index (κ2) is 8.59. The summed E-state index contributed by atoms with van der Waals surface area (Å²) in [5.41, 5.74) is 1.45. The number of quaternary nitrogens is 1. The van der Waals surface area contributed by atoms with Gasteiger partial charge >= 0.3 is 0 Å². The highest BCUT2D eigenvalue weighted by molar-refractivity contribution is 7.89. The summed E-state index contributed by atoms with van der Waals surface area (Å²) in [6.07, 6.45) is 0. The van der Waals surface area contributed by atoms with Crippen LogP contribution in [0.3, 0.4) is 0 Å². The number of nitrogens with zero attached hydrogens (tertiary/aromatic N) is 2. The first-order valence-electron chi connectivity index (χ1n) is 10.7. The van der Waals surface area contributed by atoms with Gasteiger partial charge in [-0.25, -0.2) is 13.4 Å². The molecule has 0 amide bonds.